The van der Waals surface area contributed by atoms with Gasteiger partial charge in [0, 0.05) is 73.1 Å². The summed E-state index contributed by atoms with van der Waals surface area (Å²) in [5, 5.41) is 10.5. The van der Waals surface area contributed by atoms with E-state index in [4.69, 9.17) is 4.99 Å². The van der Waals surface area contributed by atoms with E-state index >= 15 is 0 Å². The fourth-order valence-electron chi connectivity index (χ4n) is 3.94. The molecule has 0 bridgehead atoms. The molecule has 0 atom stereocenters. The monoisotopic (exact) mass is 625 g/mol. The molecule has 2 heterocycles. The number of allylic oxidation sites excluding steroid dienone is 1. The van der Waals surface area contributed by atoms with Crippen molar-refractivity contribution in [2.24, 2.45) is 9.98 Å². The van der Waals surface area contributed by atoms with E-state index < -0.39 is 3.93 Å². The summed E-state index contributed by atoms with van der Waals surface area (Å²) >= 11 is 1.10. The van der Waals surface area contributed by atoms with E-state index in [0.29, 0.717) is 49.4 Å². The predicted molar refractivity (Wildman–Crippen MR) is 153 cm³/mol. The quantitative estimate of drug-likeness (QED) is 0.193. The molecule has 0 radical (unpaired) electrons. The second kappa shape index (κ2) is 13.1. The molecule has 11 heteroatoms. The number of guanidine groups is 1. The van der Waals surface area contributed by atoms with Crippen LogP contribution < -0.4 is 5.32 Å². The fraction of sp³-hybridized carbons (Fsp3) is 0.462. The van der Waals surface area contributed by atoms with Crippen LogP contribution in [0.1, 0.15) is 43.5 Å². The standard InChI is InChI=1S/C26H34F2IN7O/c1-5-6-8-18(2)24(31-22-15-19(3)33-34-22)32-25(30-4)36-13-11-35(12-14-36)23(37)17-20-9-7-10-21(16-20)26(27,28)29/h7-10,15-16H,5-6,11-14,17H2,1-4H3,(H2,30,31,32,33,34)/b18-8+. The normalized spacial score (nSPS) is 15.8. The van der Waals surface area contributed by atoms with Crippen LogP contribution in [0.3, 0.4) is 0 Å². The molecule has 1 saturated heterocycles. The first-order valence-corrected chi connectivity index (χ1v) is 13.4. The number of aryl methyl sites for hydroxylation is 1. The van der Waals surface area contributed by atoms with Crippen LogP contribution >= 0.6 is 22.6 Å². The summed E-state index contributed by atoms with van der Waals surface area (Å²) in [4.78, 5) is 25.9. The van der Waals surface area contributed by atoms with Crippen LogP contribution in [-0.4, -0.2) is 70.9 Å². The number of hydrogen-bond donors (Lipinski definition) is 2. The number of amidine groups is 1. The molecular formula is C26H34F2IN7O. The highest BCUT2D eigenvalue weighted by Crippen LogP contribution is 2.35. The molecular weight excluding hydrogens is 591 g/mol. The summed E-state index contributed by atoms with van der Waals surface area (Å²) in [6.45, 7) is 8.21. The fourth-order valence-corrected chi connectivity index (χ4v) is 4.27. The molecule has 1 aromatic carbocycles. The molecule has 0 unspecified atom stereocenters. The number of carbonyl (C=O) groups excluding carboxylic acids is 1. The van der Waals surface area contributed by atoms with E-state index in [1.165, 1.54) is 12.1 Å². The number of rotatable bonds is 7. The number of piperazine rings is 1. The van der Waals surface area contributed by atoms with Crippen molar-refractivity contribution in [3.05, 3.63) is 58.8 Å². The highest BCUT2D eigenvalue weighted by Gasteiger charge is 2.28. The number of hydrogen-bond acceptors (Lipinski definition) is 3. The number of H-pyrrole nitrogens is 1. The molecule has 2 aromatic rings. The molecule has 1 aliphatic rings. The summed E-state index contributed by atoms with van der Waals surface area (Å²) in [5.74, 6) is 1.84. The third-order valence-corrected chi connectivity index (χ3v) is 6.62. The molecule has 1 aliphatic heterocycles. The Morgan fingerprint density at radius 1 is 1.24 bits per heavy atom. The van der Waals surface area contributed by atoms with E-state index in [2.05, 4.69) is 33.5 Å². The number of nitrogens with one attached hydrogen (secondary N) is 2. The Kier molecular flexibility index (Phi) is 10.2. The van der Waals surface area contributed by atoms with E-state index in [9.17, 15) is 13.6 Å². The Hall–Kier alpha value is -2.83. The van der Waals surface area contributed by atoms with Gasteiger partial charge in [0.15, 0.2) is 5.82 Å². The maximum atomic E-state index is 13.7. The zero-order valence-electron chi connectivity index (χ0n) is 21.7. The average Bonchev–Trinajstić information content (AvgIpc) is 3.29. The van der Waals surface area contributed by atoms with Gasteiger partial charge in [-0.05, 0) is 37.5 Å². The van der Waals surface area contributed by atoms with Crippen LogP contribution in [0, 0.1) is 6.92 Å². The minimum atomic E-state index is -2.97. The van der Waals surface area contributed by atoms with Gasteiger partial charge in [-0.3, -0.25) is 14.9 Å². The molecule has 0 saturated carbocycles. The molecule has 1 amide bonds. The Morgan fingerprint density at radius 3 is 2.54 bits per heavy atom. The minimum Gasteiger partial charge on any atom is -0.339 e. The van der Waals surface area contributed by atoms with Crippen molar-refractivity contribution in [3.8, 4) is 0 Å². The first-order chi connectivity index (χ1) is 17.6. The molecule has 200 valence electrons. The van der Waals surface area contributed by atoms with Gasteiger partial charge in [-0.25, -0.2) is 0 Å². The van der Waals surface area contributed by atoms with Crippen molar-refractivity contribution in [1.29, 1.82) is 0 Å². The van der Waals surface area contributed by atoms with E-state index in [-0.39, 0.29) is 17.9 Å². The van der Waals surface area contributed by atoms with Crippen LogP contribution in [0.2, 0.25) is 0 Å². The van der Waals surface area contributed by atoms with Gasteiger partial charge in [-0.1, -0.05) is 37.6 Å². The Labute approximate surface area is 230 Å². The zero-order valence-corrected chi connectivity index (χ0v) is 23.8. The van der Waals surface area contributed by atoms with Gasteiger partial charge in [0.05, 0.1) is 6.42 Å². The van der Waals surface area contributed by atoms with Gasteiger partial charge >= 0.3 is 3.93 Å². The SMILES string of the molecule is CCC/C=C(\C)C(=NC(=NC)N1CCN(C(=O)Cc2cccc(C(F)(F)I)c2)CC1)Nc1cc(C)[nH]n1. The van der Waals surface area contributed by atoms with Crippen LogP contribution in [0.5, 0.6) is 0 Å². The highest BCUT2D eigenvalue weighted by atomic mass is 127. The number of alkyl halides is 3. The Bertz CT molecular complexity index is 1160. The molecule has 1 aromatic heterocycles. The molecule has 8 nitrogen and oxygen atoms in total. The van der Waals surface area contributed by atoms with Gasteiger partial charge < -0.3 is 15.1 Å². The smallest absolute Gasteiger partial charge is 0.321 e. The van der Waals surface area contributed by atoms with Gasteiger partial charge in [-0.15, -0.1) is 0 Å². The average molecular weight is 626 g/mol. The second-order valence-corrected chi connectivity index (χ2v) is 10.3. The van der Waals surface area contributed by atoms with E-state index in [1.807, 2.05) is 24.8 Å². The van der Waals surface area contributed by atoms with Gasteiger partial charge in [0.25, 0.3) is 0 Å². The Morgan fingerprint density at radius 2 is 1.95 bits per heavy atom. The second-order valence-electron chi connectivity index (χ2n) is 8.96. The molecule has 0 aliphatic carbocycles. The number of aromatic nitrogens is 2. The summed E-state index contributed by atoms with van der Waals surface area (Å²) in [6, 6.07) is 7.96. The van der Waals surface area contributed by atoms with Crippen molar-refractivity contribution < 1.29 is 13.6 Å². The summed E-state index contributed by atoms with van der Waals surface area (Å²) in [6.07, 6.45) is 4.19. The predicted octanol–water partition coefficient (Wildman–Crippen LogP) is 5.13. The van der Waals surface area contributed by atoms with Crippen molar-refractivity contribution in [1.82, 2.24) is 20.0 Å². The minimum absolute atomic E-state index is 0.0818. The summed E-state index contributed by atoms with van der Waals surface area (Å²) in [7, 11) is 1.70. The number of nitrogens with zero attached hydrogens (tertiary/aromatic N) is 5. The summed E-state index contributed by atoms with van der Waals surface area (Å²) < 4.78 is 24.3. The van der Waals surface area contributed by atoms with Crippen molar-refractivity contribution in [3.63, 3.8) is 0 Å². The molecule has 0 spiro atoms. The lowest BCUT2D eigenvalue weighted by atomic mass is 10.1. The number of aliphatic imine (C=N–C) groups is 2. The topological polar surface area (TPSA) is 89.0 Å². The number of anilines is 1. The van der Waals surface area contributed by atoms with Crippen molar-refractivity contribution in [2.45, 2.75) is 44.0 Å². The maximum Gasteiger partial charge on any atom is 0.321 e. The first kappa shape index (κ1) is 28.7. The maximum absolute atomic E-state index is 13.7. The molecule has 1 fully saturated rings. The number of aromatic amines is 1. The summed E-state index contributed by atoms with van der Waals surface area (Å²) in [5.41, 5.74) is 2.43. The third kappa shape index (κ3) is 8.34. The zero-order chi connectivity index (χ0) is 27.0. The van der Waals surface area contributed by atoms with Gasteiger partial charge in [0.2, 0.25) is 11.9 Å². The lowest BCUT2D eigenvalue weighted by Gasteiger charge is -2.35. The van der Waals surface area contributed by atoms with Crippen LogP contribution in [0.25, 0.3) is 0 Å². The van der Waals surface area contributed by atoms with Gasteiger partial charge in [-0.2, -0.15) is 18.9 Å². The molecule has 37 heavy (non-hydrogen) atoms. The lowest BCUT2D eigenvalue weighted by Crippen LogP contribution is -2.51. The van der Waals surface area contributed by atoms with E-state index in [1.54, 1.807) is 24.1 Å². The van der Waals surface area contributed by atoms with Gasteiger partial charge in [0.1, 0.15) is 5.84 Å². The largest absolute Gasteiger partial charge is 0.339 e. The van der Waals surface area contributed by atoms with Crippen molar-refractivity contribution in [2.75, 3.05) is 38.5 Å². The number of unbranched alkanes of at least 4 members (excludes halogenated alkanes) is 1. The third-order valence-electron chi connectivity index (χ3n) is 6.00. The first-order valence-electron chi connectivity index (χ1n) is 12.3. The molecule has 2 N–H and O–H groups in total. The lowest BCUT2D eigenvalue weighted by molar-refractivity contribution is -0.131. The highest BCUT2D eigenvalue weighted by molar-refractivity contribution is 14.1. The number of amides is 1. The Balaban J connectivity index is 1.67. The van der Waals surface area contributed by atoms with Crippen LogP contribution in [0.4, 0.5) is 14.6 Å². The number of halogens is 3. The van der Waals surface area contributed by atoms with E-state index in [0.717, 1.165) is 46.7 Å². The molecule has 3 rings (SSSR count). The van der Waals surface area contributed by atoms with Crippen molar-refractivity contribution >= 4 is 46.1 Å². The van der Waals surface area contributed by atoms with Crippen LogP contribution in [-0.2, 0) is 15.1 Å². The number of carbonyl (C=O) groups is 1. The van der Waals surface area contributed by atoms with Crippen LogP contribution in [0.15, 0.2) is 52.0 Å². The number of benzene rings is 1.